The predicted molar refractivity (Wildman–Crippen MR) is 87.2 cm³/mol. The van der Waals surface area contributed by atoms with Gasteiger partial charge in [0.1, 0.15) is 17.2 Å². The lowest BCUT2D eigenvalue weighted by molar-refractivity contribution is -0.143. The van der Waals surface area contributed by atoms with E-state index in [1.807, 2.05) is 13.8 Å². The van der Waals surface area contributed by atoms with E-state index in [0.717, 1.165) is 0 Å². The lowest BCUT2D eigenvalue weighted by Crippen LogP contribution is -2.48. The van der Waals surface area contributed by atoms with Crippen LogP contribution < -0.4 is 5.48 Å². The second kappa shape index (κ2) is 7.42. The molecule has 0 bridgehead atoms. The Morgan fingerprint density at radius 1 is 1.43 bits per heavy atom. The average molecular weight is 359 g/mol. The third kappa shape index (κ3) is 3.91. The Bertz CT molecular complexity index is 620. The van der Waals surface area contributed by atoms with Crippen molar-refractivity contribution in [2.75, 3.05) is 5.75 Å². The Morgan fingerprint density at radius 2 is 2.04 bits per heavy atom. The molecule has 3 atom stereocenters. The van der Waals surface area contributed by atoms with Crippen molar-refractivity contribution in [1.29, 1.82) is 0 Å². The van der Waals surface area contributed by atoms with Gasteiger partial charge in [-0.2, -0.15) is 0 Å². The predicted octanol–water partition coefficient (Wildman–Crippen LogP) is 1.85. The van der Waals surface area contributed by atoms with Gasteiger partial charge in [-0.05, 0) is 30.0 Å². The summed E-state index contributed by atoms with van der Waals surface area (Å²) in [6.07, 6.45) is 0.361. The topological polar surface area (TPSA) is 86.7 Å². The van der Waals surface area contributed by atoms with Crippen molar-refractivity contribution in [2.45, 2.75) is 31.7 Å². The number of halogens is 1. The zero-order chi connectivity index (χ0) is 17.1. The SMILES string of the molecule is CC(C)C[C@@H](C(=O)NO)N1C(=O)CS(=O)[C@H]1c1ccc(Cl)cc1. The second-order valence-corrected chi connectivity index (χ2v) is 7.78. The summed E-state index contributed by atoms with van der Waals surface area (Å²) in [7, 11) is -1.46. The molecule has 2 N–H and O–H groups in total. The Morgan fingerprint density at radius 3 is 2.57 bits per heavy atom. The minimum Gasteiger partial charge on any atom is -0.311 e. The number of carbonyl (C=O) groups is 2. The van der Waals surface area contributed by atoms with Crippen molar-refractivity contribution < 1.29 is 19.0 Å². The zero-order valence-corrected chi connectivity index (χ0v) is 14.4. The van der Waals surface area contributed by atoms with Gasteiger partial charge in [0.25, 0.3) is 5.91 Å². The fraction of sp³-hybridized carbons (Fsp3) is 0.467. The molecule has 1 fully saturated rings. The van der Waals surface area contributed by atoms with Gasteiger partial charge in [-0.15, -0.1) is 0 Å². The summed E-state index contributed by atoms with van der Waals surface area (Å²) < 4.78 is 12.4. The Balaban J connectivity index is 2.41. The molecule has 6 nitrogen and oxygen atoms in total. The minimum absolute atomic E-state index is 0.116. The molecular weight excluding hydrogens is 340 g/mol. The second-order valence-electron chi connectivity index (χ2n) is 5.85. The Labute approximate surface area is 142 Å². The van der Waals surface area contributed by atoms with Crippen LogP contribution >= 0.6 is 11.6 Å². The number of carbonyl (C=O) groups excluding carboxylic acids is 2. The van der Waals surface area contributed by atoms with Crippen LogP contribution in [0.1, 0.15) is 31.2 Å². The molecule has 1 aromatic rings. The van der Waals surface area contributed by atoms with Gasteiger partial charge in [0, 0.05) is 5.02 Å². The fourth-order valence-electron chi connectivity index (χ4n) is 2.68. The van der Waals surface area contributed by atoms with Gasteiger partial charge >= 0.3 is 0 Å². The highest BCUT2D eigenvalue weighted by molar-refractivity contribution is 7.86. The van der Waals surface area contributed by atoms with Gasteiger partial charge in [0.2, 0.25) is 5.91 Å². The van der Waals surface area contributed by atoms with E-state index in [0.29, 0.717) is 17.0 Å². The van der Waals surface area contributed by atoms with Gasteiger partial charge in [-0.25, -0.2) is 5.48 Å². The van der Waals surface area contributed by atoms with Crippen LogP contribution in [0.2, 0.25) is 5.02 Å². The van der Waals surface area contributed by atoms with Crippen LogP contribution in [-0.2, 0) is 20.4 Å². The van der Waals surface area contributed by atoms with E-state index in [2.05, 4.69) is 0 Å². The molecule has 1 aliphatic rings. The average Bonchev–Trinajstić information content (AvgIpc) is 2.79. The molecule has 1 aliphatic heterocycles. The molecule has 1 saturated heterocycles. The van der Waals surface area contributed by atoms with Crippen molar-refractivity contribution in [3.05, 3.63) is 34.9 Å². The summed E-state index contributed by atoms with van der Waals surface area (Å²) in [6.45, 7) is 3.82. The van der Waals surface area contributed by atoms with Crippen molar-refractivity contribution >= 4 is 34.2 Å². The van der Waals surface area contributed by atoms with Crippen LogP contribution in [0.15, 0.2) is 24.3 Å². The number of hydrogen-bond acceptors (Lipinski definition) is 4. The van der Waals surface area contributed by atoms with Crippen molar-refractivity contribution in [1.82, 2.24) is 10.4 Å². The van der Waals surface area contributed by atoms with Crippen LogP contribution in [0, 0.1) is 5.92 Å². The van der Waals surface area contributed by atoms with Gasteiger partial charge in [-0.1, -0.05) is 37.6 Å². The van der Waals surface area contributed by atoms with Crippen LogP contribution in [0.4, 0.5) is 0 Å². The normalized spacial score (nSPS) is 22.5. The van der Waals surface area contributed by atoms with Gasteiger partial charge in [-0.3, -0.25) is 19.0 Å². The Kier molecular flexibility index (Phi) is 5.78. The zero-order valence-electron chi connectivity index (χ0n) is 12.9. The molecule has 1 unspecified atom stereocenters. The van der Waals surface area contributed by atoms with Crippen LogP contribution in [0.3, 0.4) is 0 Å². The summed E-state index contributed by atoms with van der Waals surface area (Å²) >= 11 is 5.87. The molecule has 126 valence electrons. The molecule has 2 amide bonds. The van der Waals surface area contributed by atoms with E-state index in [9.17, 15) is 13.8 Å². The minimum atomic E-state index is -1.46. The number of hydroxylamine groups is 1. The third-order valence-electron chi connectivity index (χ3n) is 3.65. The Hall–Kier alpha value is -1.44. The molecule has 0 radical (unpaired) electrons. The van der Waals surface area contributed by atoms with E-state index >= 15 is 0 Å². The maximum Gasteiger partial charge on any atom is 0.266 e. The molecular formula is C15H19ClN2O4S. The number of rotatable bonds is 5. The number of nitrogens with one attached hydrogen (secondary N) is 1. The number of hydrogen-bond donors (Lipinski definition) is 2. The molecule has 0 saturated carbocycles. The molecule has 0 aromatic heterocycles. The van der Waals surface area contributed by atoms with Crippen LogP contribution in [0.25, 0.3) is 0 Å². The lowest BCUT2D eigenvalue weighted by Gasteiger charge is -2.32. The molecule has 1 heterocycles. The van der Waals surface area contributed by atoms with E-state index in [-0.39, 0.29) is 17.6 Å². The monoisotopic (exact) mass is 358 g/mol. The largest absolute Gasteiger partial charge is 0.311 e. The third-order valence-corrected chi connectivity index (χ3v) is 5.43. The smallest absolute Gasteiger partial charge is 0.266 e. The summed E-state index contributed by atoms with van der Waals surface area (Å²) in [6, 6.07) is 5.82. The number of nitrogens with zero attached hydrogens (tertiary/aromatic N) is 1. The molecule has 1 aromatic carbocycles. The van der Waals surface area contributed by atoms with Gasteiger partial charge in [0.15, 0.2) is 0 Å². The maximum absolute atomic E-state index is 12.4. The molecule has 8 heteroatoms. The summed E-state index contributed by atoms with van der Waals surface area (Å²) in [5.41, 5.74) is 2.26. The highest BCUT2D eigenvalue weighted by Crippen LogP contribution is 2.34. The fourth-order valence-corrected chi connectivity index (χ4v) is 4.33. The van der Waals surface area contributed by atoms with E-state index in [1.54, 1.807) is 29.7 Å². The summed E-state index contributed by atoms with van der Waals surface area (Å²) in [5.74, 6) is -1.06. The van der Waals surface area contributed by atoms with E-state index < -0.39 is 28.1 Å². The first-order chi connectivity index (χ1) is 10.8. The number of amides is 2. The molecule has 2 rings (SSSR count). The van der Waals surface area contributed by atoms with E-state index in [4.69, 9.17) is 16.8 Å². The highest BCUT2D eigenvalue weighted by atomic mass is 35.5. The molecule has 23 heavy (non-hydrogen) atoms. The molecule has 0 spiro atoms. The molecule has 0 aliphatic carbocycles. The van der Waals surface area contributed by atoms with Gasteiger partial charge in [0.05, 0.1) is 10.8 Å². The highest BCUT2D eigenvalue weighted by Gasteiger charge is 2.44. The number of benzene rings is 1. The first kappa shape index (κ1) is 17.9. The lowest BCUT2D eigenvalue weighted by atomic mass is 10.0. The maximum atomic E-state index is 12.4. The summed E-state index contributed by atoms with van der Waals surface area (Å²) in [4.78, 5) is 25.7. The van der Waals surface area contributed by atoms with Crippen LogP contribution in [-0.4, -0.2) is 37.9 Å². The first-order valence-corrected chi connectivity index (χ1v) is 8.99. The van der Waals surface area contributed by atoms with Crippen molar-refractivity contribution in [2.24, 2.45) is 5.92 Å². The van der Waals surface area contributed by atoms with Crippen molar-refractivity contribution in [3.63, 3.8) is 0 Å². The first-order valence-electron chi connectivity index (χ1n) is 7.23. The van der Waals surface area contributed by atoms with Crippen molar-refractivity contribution in [3.8, 4) is 0 Å². The quantitative estimate of drug-likeness (QED) is 0.621. The van der Waals surface area contributed by atoms with E-state index in [1.165, 1.54) is 4.90 Å². The van der Waals surface area contributed by atoms with Gasteiger partial charge < -0.3 is 4.90 Å². The summed E-state index contributed by atoms with van der Waals surface area (Å²) in [5, 5.41) is 8.80. The van der Waals surface area contributed by atoms with Crippen LogP contribution in [0.5, 0.6) is 0 Å². The standard InChI is InChI=1S/C15H19ClN2O4S/c1-9(2)7-12(14(20)17-21)18-13(19)8-23(22)15(18)10-3-5-11(16)6-4-10/h3-6,9,12,15,21H,7-8H2,1-2H3,(H,17,20)/t12-,15-,23?/m0/s1.